The Bertz CT molecular complexity index is 398. The Kier molecular flexibility index (Phi) is 6.20. The summed E-state index contributed by atoms with van der Waals surface area (Å²) >= 11 is 0. The first kappa shape index (κ1) is 14.5. The van der Waals surface area contributed by atoms with E-state index in [0.29, 0.717) is 12.2 Å². The highest BCUT2D eigenvalue weighted by Gasteiger charge is 2.00. The molecule has 4 nitrogen and oxygen atoms in total. The molecule has 1 aromatic carbocycles. The molecule has 0 unspecified atom stereocenters. The van der Waals surface area contributed by atoms with Gasteiger partial charge in [0.05, 0.1) is 11.6 Å². The predicted octanol–water partition coefficient (Wildman–Crippen LogP) is 1.43. The van der Waals surface area contributed by atoms with Crippen molar-refractivity contribution in [1.29, 1.82) is 5.26 Å². The van der Waals surface area contributed by atoms with Gasteiger partial charge in [-0.3, -0.25) is 0 Å². The molecule has 0 aliphatic rings. The van der Waals surface area contributed by atoms with Crippen molar-refractivity contribution >= 4 is 0 Å². The molecule has 0 atom stereocenters. The van der Waals surface area contributed by atoms with Crippen LogP contribution >= 0.6 is 0 Å². The molecule has 1 rings (SSSR count). The lowest BCUT2D eigenvalue weighted by Gasteiger charge is -2.19. The van der Waals surface area contributed by atoms with Crippen LogP contribution < -0.4 is 4.74 Å². The molecule has 1 aromatic rings. The Morgan fingerprint density at radius 1 is 1.17 bits per heavy atom. The minimum atomic E-state index is 0.633. The quantitative estimate of drug-likeness (QED) is 0.731. The average Bonchev–Trinajstić information content (AvgIpc) is 2.36. The van der Waals surface area contributed by atoms with Gasteiger partial charge in [-0.15, -0.1) is 0 Å². The molecule has 4 heteroatoms. The van der Waals surface area contributed by atoms with Crippen LogP contribution in [0.5, 0.6) is 5.75 Å². The Morgan fingerprint density at radius 3 is 2.61 bits per heavy atom. The van der Waals surface area contributed by atoms with Crippen LogP contribution in [0.4, 0.5) is 0 Å². The summed E-state index contributed by atoms with van der Waals surface area (Å²) in [4.78, 5) is 4.39. The van der Waals surface area contributed by atoms with Crippen LogP contribution in [0.2, 0.25) is 0 Å². The molecule has 98 valence electrons. The molecule has 0 bridgehead atoms. The second-order valence-electron chi connectivity index (χ2n) is 4.59. The van der Waals surface area contributed by atoms with Gasteiger partial charge in [0.25, 0.3) is 0 Å². The zero-order chi connectivity index (χ0) is 13.4. The molecule has 0 fully saturated rings. The lowest BCUT2D eigenvalue weighted by atomic mass is 10.2. The van der Waals surface area contributed by atoms with E-state index in [4.69, 9.17) is 10.00 Å². The highest BCUT2D eigenvalue weighted by atomic mass is 16.5. The summed E-state index contributed by atoms with van der Waals surface area (Å²) in [5, 5.41) is 8.78. The fourth-order valence-corrected chi connectivity index (χ4v) is 1.46. The topological polar surface area (TPSA) is 39.5 Å². The number of ether oxygens (including phenoxy) is 1. The van der Waals surface area contributed by atoms with Gasteiger partial charge in [-0.25, -0.2) is 0 Å². The molecule has 0 saturated heterocycles. The van der Waals surface area contributed by atoms with Crippen molar-refractivity contribution in [2.45, 2.75) is 0 Å². The predicted molar refractivity (Wildman–Crippen MR) is 72.7 cm³/mol. The van der Waals surface area contributed by atoms with E-state index in [2.05, 4.69) is 37.0 Å². The van der Waals surface area contributed by atoms with Crippen LogP contribution in [0.15, 0.2) is 24.3 Å². The average molecular weight is 247 g/mol. The molecular weight excluding hydrogens is 226 g/mol. The molecule has 18 heavy (non-hydrogen) atoms. The minimum absolute atomic E-state index is 0.633. The maximum atomic E-state index is 8.78. The maximum absolute atomic E-state index is 8.78. The lowest BCUT2D eigenvalue weighted by Crippen LogP contribution is -2.31. The summed E-state index contributed by atoms with van der Waals surface area (Å²) in [6, 6.07) is 9.35. The first-order chi connectivity index (χ1) is 8.61. The van der Waals surface area contributed by atoms with E-state index in [9.17, 15) is 0 Å². The number of hydrogen-bond donors (Lipinski definition) is 0. The highest BCUT2D eigenvalue weighted by Crippen LogP contribution is 2.12. The normalized spacial score (nSPS) is 10.7. The summed E-state index contributed by atoms with van der Waals surface area (Å²) < 4.78 is 5.62. The second kappa shape index (κ2) is 7.70. The smallest absolute Gasteiger partial charge is 0.120 e. The molecule has 0 aliphatic heterocycles. The van der Waals surface area contributed by atoms with Gasteiger partial charge in [0.15, 0.2) is 0 Å². The van der Waals surface area contributed by atoms with Crippen molar-refractivity contribution in [3.63, 3.8) is 0 Å². The van der Waals surface area contributed by atoms with E-state index >= 15 is 0 Å². The number of benzene rings is 1. The van der Waals surface area contributed by atoms with E-state index in [1.54, 1.807) is 12.1 Å². The third-order valence-corrected chi connectivity index (χ3v) is 2.63. The summed E-state index contributed by atoms with van der Waals surface area (Å²) in [5.74, 6) is 0.759. The lowest BCUT2D eigenvalue weighted by molar-refractivity contribution is 0.222. The van der Waals surface area contributed by atoms with Crippen LogP contribution in [0.1, 0.15) is 5.56 Å². The Hall–Kier alpha value is -1.57. The summed E-state index contributed by atoms with van der Waals surface area (Å²) in [6.45, 7) is 3.58. The second-order valence-corrected chi connectivity index (χ2v) is 4.59. The summed E-state index contributed by atoms with van der Waals surface area (Å²) in [5.41, 5.74) is 0.633. The van der Waals surface area contributed by atoms with Crippen molar-refractivity contribution in [3.05, 3.63) is 29.8 Å². The van der Waals surface area contributed by atoms with Crippen molar-refractivity contribution in [1.82, 2.24) is 9.80 Å². The number of nitriles is 1. The monoisotopic (exact) mass is 247 g/mol. The number of nitrogens with zero attached hydrogens (tertiary/aromatic N) is 3. The molecule has 0 aromatic heterocycles. The molecule has 0 spiro atoms. The molecular formula is C14H21N3O. The van der Waals surface area contributed by atoms with Crippen molar-refractivity contribution < 1.29 is 4.74 Å². The van der Waals surface area contributed by atoms with Crippen LogP contribution in [-0.4, -0.2) is 57.2 Å². The minimum Gasteiger partial charge on any atom is -0.492 e. The molecule has 0 heterocycles. The van der Waals surface area contributed by atoms with E-state index < -0.39 is 0 Å². The fourth-order valence-electron chi connectivity index (χ4n) is 1.46. The van der Waals surface area contributed by atoms with Crippen molar-refractivity contribution in [3.8, 4) is 11.8 Å². The highest BCUT2D eigenvalue weighted by molar-refractivity contribution is 5.36. The fraction of sp³-hybridized carbons (Fsp3) is 0.500. The van der Waals surface area contributed by atoms with Crippen LogP contribution in [0, 0.1) is 11.3 Å². The first-order valence-corrected chi connectivity index (χ1v) is 6.08. The van der Waals surface area contributed by atoms with E-state index in [-0.39, 0.29) is 0 Å². The van der Waals surface area contributed by atoms with E-state index in [1.807, 2.05) is 12.1 Å². The molecule has 0 N–H and O–H groups in total. The van der Waals surface area contributed by atoms with E-state index in [1.165, 1.54) is 0 Å². The third-order valence-electron chi connectivity index (χ3n) is 2.63. The van der Waals surface area contributed by atoms with Crippen molar-refractivity contribution in [2.75, 3.05) is 47.4 Å². The molecule has 0 amide bonds. The van der Waals surface area contributed by atoms with Crippen molar-refractivity contribution in [2.24, 2.45) is 0 Å². The van der Waals surface area contributed by atoms with Gasteiger partial charge < -0.3 is 14.5 Å². The Morgan fingerprint density at radius 2 is 1.94 bits per heavy atom. The van der Waals surface area contributed by atoms with Crippen LogP contribution in [0.3, 0.4) is 0 Å². The van der Waals surface area contributed by atoms with Gasteiger partial charge >= 0.3 is 0 Å². The summed E-state index contributed by atoms with van der Waals surface area (Å²) in [6.07, 6.45) is 0. The molecule has 0 aliphatic carbocycles. The molecule has 0 radical (unpaired) electrons. The largest absolute Gasteiger partial charge is 0.492 e. The zero-order valence-corrected chi connectivity index (χ0v) is 11.4. The van der Waals surface area contributed by atoms with Crippen LogP contribution in [0.25, 0.3) is 0 Å². The van der Waals surface area contributed by atoms with Gasteiger partial charge in [0.1, 0.15) is 12.4 Å². The Labute approximate surface area is 109 Å². The summed E-state index contributed by atoms with van der Waals surface area (Å²) in [7, 11) is 6.22. The standard InChI is InChI=1S/C14H21N3O/c1-16(2)7-8-17(3)9-10-18-14-6-4-5-13(11-14)12-15/h4-6,11H,7-10H2,1-3H3. The number of likely N-dealkylation sites (N-methyl/N-ethyl adjacent to an activating group) is 2. The Balaban J connectivity index is 2.26. The van der Waals surface area contributed by atoms with E-state index in [0.717, 1.165) is 25.4 Å². The third kappa shape index (κ3) is 5.67. The van der Waals surface area contributed by atoms with Gasteiger partial charge in [-0.2, -0.15) is 5.26 Å². The van der Waals surface area contributed by atoms with Gasteiger partial charge in [0.2, 0.25) is 0 Å². The zero-order valence-electron chi connectivity index (χ0n) is 11.4. The van der Waals surface area contributed by atoms with Gasteiger partial charge in [-0.1, -0.05) is 6.07 Å². The molecule has 0 saturated carbocycles. The first-order valence-electron chi connectivity index (χ1n) is 6.08. The van der Waals surface area contributed by atoms with Gasteiger partial charge in [-0.05, 0) is 39.3 Å². The maximum Gasteiger partial charge on any atom is 0.120 e. The van der Waals surface area contributed by atoms with Gasteiger partial charge in [0, 0.05) is 19.6 Å². The van der Waals surface area contributed by atoms with Crippen LogP contribution in [-0.2, 0) is 0 Å². The number of hydrogen-bond acceptors (Lipinski definition) is 4. The number of rotatable bonds is 7. The SMILES string of the molecule is CN(C)CCN(C)CCOc1cccc(C#N)c1.